The van der Waals surface area contributed by atoms with Crippen LogP contribution in [0.3, 0.4) is 0 Å². The Morgan fingerprint density at radius 1 is 1.22 bits per heavy atom. The number of piperidine rings is 2. The molecule has 0 aromatic heterocycles. The first-order valence-corrected chi connectivity index (χ1v) is 7.14. The van der Waals surface area contributed by atoms with Crippen LogP contribution in [0.5, 0.6) is 0 Å². The molecule has 1 N–H and O–H groups in total. The van der Waals surface area contributed by atoms with Gasteiger partial charge in [0.2, 0.25) is 0 Å². The lowest BCUT2D eigenvalue weighted by Crippen LogP contribution is -2.62. The van der Waals surface area contributed by atoms with E-state index in [4.69, 9.17) is 4.74 Å². The zero-order valence-electron chi connectivity index (χ0n) is 11.9. The maximum absolute atomic E-state index is 12.4. The number of hydrogen-bond donors (Lipinski definition) is 1. The Bertz CT molecular complexity index is 295. The van der Waals surface area contributed by atoms with Crippen molar-refractivity contribution in [3.8, 4) is 0 Å². The molecule has 1 spiro atoms. The molecule has 0 unspecified atom stereocenters. The van der Waals surface area contributed by atoms with Crippen molar-refractivity contribution in [2.24, 2.45) is 0 Å². The predicted molar refractivity (Wildman–Crippen MR) is 71.6 cm³/mol. The molecule has 18 heavy (non-hydrogen) atoms. The third kappa shape index (κ3) is 2.97. The summed E-state index contributed by atoms with van der Waals surface area (Å²) in [6.07, 6.45) is 5.56. The molecule has 2 heterocycles. The smallest absolute Gasteiger partial charge is 0.410 e. The van der Waals surface area contributed by atoms with E-state index in [0.717, 1.165) is 45.3 Å². The van der Waals surface area contributed by atoms with E-state index in [0.29, 0.717) is 0 Å². The van der Waals surface area contributed by atoms with Crippen LogP contribution in [-0.4, -0.2) is 41.8 Å². The monoisotopic (exact) mass is 254 g/mol. The van der Waals surface area contributed by atoms with Gasteiger partial charge in [0.1, 0.15) is 5.60 Å². The van der Waals surface area contributed by atoms with Crippen molar-refractivity contribution < 1.29 is 9.53 Å². The number of amides is 1. The summed E-state index contributed by atoms with van der Waals surface area (Å²) >= 11 is 0. The van der Waals surface area contributed by atoms with E-state index in [1.54, 1.807) is 0 Å². The van der Waals surface area contributed by atoms with E-state index >= 15 is 0 Å². The third-order valence-corrected chi connectivity index (χ3v) is 3.91. The predicted octanol–water partition coefficient (Wildman–Crippen LogP) is 2.53. The zero-order valence-corrected chi connectivity index (χ0v) is 11.9. The van der Waals surface area contributed by atoms with Crippen molar-refractivity contribution in [2.45, 2.75) is 64.0 Å². The highest BCUT2D eigenvalue weighted by Crippen LogP contribution is 2.34. The van der Waals surface area contributed by atoms with Crippen LogP contribution < -0.4 is 5.32 Å². The number of nitrogens with zero attached hydrogens (tertiary/aromatic N) is 1. The molecule has 0 aromatic carbocycles. The van der Waals surface area contributed by atoms with Gasteiger partial charge in [-0.25, -0.2) is 4.79 Å². The molecule has 0 aromatic rings. The van der Waals surface area contributed by atoms with Crippen molar-refractivity contribution >= 4 is 6.09 Å². The fraction of sp³-hybridized carbons (Fsp3) is 0.929. The second kappa shape index (κ2) is 5.08. The van der Waals surface area contributed by atoms with Gasteiger partial charge in [0.05, 0.1) is 5.54 Å². The first kappa shape index (κ1) is 13.7. The molecule has 1 atom stereocenters. The lowest BCUT2D eigenvalue weighted by atomic mass is 9.81. The summed E-state index contributed by atoms with van der Waals surface area (Å²) in [5.74, 6) is 0. The van der Waals surface area contributed by atoms with Gasteiger partial charge in [0, 0.05) is 13.1 Å². The minimum atomic E-state index is -0.405. The Balaban J connectivity index is 2.10. The Kier molecular flexibility index (Phi) is 3.85. The van der Waals surface area contributed by atoms with E-state index in [1.165, 1.54) is 6.42 Å². The maximum atomic E-state index is 12.4. The summed E-state index contributed by atoms with van der Waals surface area (Å²) in [6, 6.07) is 0. The number of carbonyl (C=O) groups excluding carboxylic acids is 1. The van der Waals surface area contributed by atoms with Crippen molar-refractivity contribution in [3.63, 3.8) is 0 Å². The summed E-state index contributed by atoms with van der Waals surface area (Å²) in [6.45, 7) is 8.63. The summed E-state index contributed by atoms with van der Waals surface area (Å²) in [5, 5.41) is 3.44. The molecule has 2 fully saturated rings. The minimum Gasteiger partial charge on any atom is -0.444 e. The number of nitrogens with one attached hydrogen (secondary N) is 1. The van der Waals surface area contributed by atoms with E-state index in [9.17, 15) is 4.79 Å². The molecule has 2 rings (SSSR count). The van der Waals surface area contributed by atoms with Gasteiger partial charge in [-0.3, -0.25) is 0 Å². The molecular formula is C14H26N2O2. The van der Waals surface area contributed by atoms with Crippen molar-refractivity contribution in [3.05, 3.63) is 0 Å². The standard InChI is InChI=1S/C14H26N2O2/c1-13(2,3)18-12(17)16-10-5-4-7-14(16)8-6-9-15-11-14/h15H,4-11H2,1-3H3/t14-/m1/s1. The van der Waals surface area contributed by atoms with Crippen LogP contribution >= 0.6 is 0 Å². The first-order chi connectivity index (χ1) is 8.43. The molecule has 4 heteroatoms. The number of rotatable bonds is 0. The summed E-state index contributed by atoms with van der Waals surface area (Å²) in [5.41, 5.74) is -0.392. The number of carbonyl (C=O) groups is 1. The van der Waals surface area contributed by atoms with Crippen LogP contribution in [0.1, 0.15) is 52.9 Å². The second-order valence-electron chi connectivity index (χ2n) is 6.59. The Labute approximate surface area is 110 Å². The van der Waals surface area contributed by atoms with Crippen LogP contribution in [0, 0.1) is 0 Å². The van der Waals surface area contributed by atoms with E-state index in [2.05, 4.69) is 5.32 Å². The molecule has 2 aliphatic rings. The van der Waals surface area contributed by atoms with E-state index in [-0.39, 0.29) is 11.6 Å². The highest BCUT2D eigenvalue weighted by molar-refractivity contribution is 5.69. The quantitative estimate of drug-likeness (QED) is 0.722. The van der Waals surface area contributed by atoms with Crippen LogP contribution in [0.2, 0.25) is 0 Å². The summed E-state index contributed by atoms with van der Waals surface area (Å²) < 4.78 is 5.56. The molecule has 4 nitrogen and oxygen atoms in total. The van der Waals surface area contributed by atoms with Crippen LogP contribution in [0.4, 0.5) is 4.79 Å². The normalized spacial score (nSPS) is 29.4. The Hall–Kier alpha value is -0.770. The lowest BCUT2D eigenvalue weighted by molar-refractivity contribution is -0.0228. The molecule has 0 radical (unpaired) electrons. The highest BCUT2D eigenvalue weighted by atomic mass is 16.6. The zero-order chi connectivity index (χ0) is 13.2. The summed E-state index contributed by atoms with van der Waals surface area (Å²) in [7, 11) is 0. The van der Waals surface area contributed by atoms with Gasteiger partial charge in [0.25, 0.3) is 0 Å². The minimum absolute atomic E-state index is 0.0127. The van der Waals surface area contributed by atoms with Gasteiger partial charge in [-0.05, 0) is 59.4 Å². The molecule has 1 amide bonds. The van der Waals surface area contributed by atoms with Crippen molar-refractivity contribution in [2.75, 3.05) is 19.6 Å². The van der Waals surface area contributed by atoms with Crippen molar-refractivity contribution in [1.82, 2.24) is 10.2 Å². The third-order valence-electron chi connectivity index (χ3n) is 3.91. The average molecular weight is 254 g/mol. The van der Waals surface area contributed by atoms with Crippen LogP contribution in [0.15, 0.2) is 0 Å². The molecule has 0 aliphatic carbocycles. The molecule has 2 saturated heterocycles. The largest absolute Gasteiger partial charge is 0.444 e. The molecule has 0 saturated carbocycles. The highest BCUT2D eigenvalue weighted by Gasteiger charge is 2.43. The molecule has 0 bridgehead atoms. The van der Waals surface area contributed by atoms with Gasteiger partial charge >= 0.3 is 6.09 Å². The van der Waals surface area contributed by atoms with E-state index in [1.807, 2.05) is 25.7 Å². The van der Waals surface area contributed by atoms with Gasteiger partial charge in [-0.1, -0.05) is 0 Å². The van der Waals surface area contributed by atoms with Gasteiger partial charge < -0.3 is 15.0 Å². The topological polar surface area (TPSA) is 41.6 Å². The van der Waals surface area contributed by atoms with Gasteiger partial charge in [0.15, 0.2) is 0 Å². The molecule has 104 valence electrons. The lowest BCUT2D eigenvalue weighted by Gasteiger charge is -2.49. The molecule has 2 aliphatic heterocycles. The van der Waals surface area contributed by atoms with Gasteiger partial charge in [-0.15, -0.1) is 0 Å². The fourth-order valence-corrected chi connectivity index (χ4v) is 3.09. The van der Waals surface area contributed by atoms with Crippen molar-refractivity contribution in [1.29, 1.82) is 0 Å². The Morgan fingerprint density at radius 2 is 1.94 bits per heavy atom. The van der Waals surface area contributed by atoms with Crippen LogP contribution in [-0.2, 0) is 4.74 Å². The second-order valence-corrected chi connectivity index (χ2v) is 6.59. The summed E-state index contributed by atoms with van der Waals surface area (Å²) in [4.78, 5) is 14.4. The van der Waals surface area contributed by atoms with E-state index < -0.39 is 5.60 Å². The average Bonchev–Trinajstić information content (AvgIpc) is 2.28. The number of likely N-dealkylation sites (tertiary alicyclic amines) is 1. The number of ether oxygens (including phenoxy) is 1. The maximum Gasteiger partial charge on any atom is 0.410 e. The fourth-order valence-electron chi connectivity index (χ4n) is 3.09. The SMILES string of the molecule is CC(C)(C)OC(=O)N1CCCC[C@]12CCCNC2. The first-order valence-electron chi connectivity index (χ1n) is 7.14. The van der Waals surface area contributed by atoms with Gasteiger partial charge in [-0.2, -0.15) is 0 Å². The Morgan fingerprint density at radius 3 is 2.56 bits per heavy atom. The molecular weight excluding hydrogens is 228 g/mol. The van der Waals surface area contributed by atoms with Crippen LogP contribution in [0.25, 0.3) is 0 Å². The number of hydrogen-bond acceptors (Lipinski definition) is 3.